The Balaban J connectivity index is 1.65. The maximum Gasteiger partial charge on any atom is 0.573 e. The van der Waals surface area contributed by atoms with Gasteiger partial charge in [0.15, 0.2) is 17.3 Å². The number of halogens is 3. The van der Waals surface area contributed by atoms with E-state index in [9.17, 15) is 23.1 Å². The van der Waals surface area contributed by atoms with Crippen molar-refractivity contribution in [2.24, 2.45) is 5.92 Å². The molecule has 1 atom stereocenters. The van der Waals surface area contributed by atoms with Crippen molar-refractivity contribution in [1.82, 2.24) is 24.5 Å². The lowest BCUT2D eigenvalue weighted by Gasteiger charge is -2.32. The van der Waals surface area contributed by atoms with Gasteiger partial charge in [0.25, 0.3) is 0 Å². The number of ether oxygens (including phenoxy) is 1. The van der Waals surface area contributed by atoms with Crippen LogP contribution in [0.1, 0.15) is 67.7 Å². The fraction of sp³-hybridized carbons (Fsp3) is 0.393. The summed E-state index contributed by atoms with van der Waals surface area (Å²) in [7, 11) is 0. The molecule has 0 saturated heterocycles. The van der Waals surface area contributed by atoms with Crippen molar-refractivity contribution in [3.8, 4) is 17.3 Å². The fourth-order valence-electron chi connectivity index (χ4n) is 4.76. The second-order valence-corrected chi connectivity index (χ2v) is 10.3. The minimum atomic E-state index is -4.79. The summed E-state index contributed by atoms with van der Waals surface area (Å²) in [5, 5.41) is 13.1. The van der Waals surface area contributed by atoms with Gasteiger partial charge in [-0.05, 0) is 67.0 Å². The van der Waals surface area contributed by atoms with Crippen molar-refractivity contribution in [2.45, 2.75) is 64.9 Å². The second-order valence-electron chi connectivity index (χ2n) is 10.3. The molecule has 5 rings (SSSR count). The van der Waals surface area contributed by atoms with Crippen molar-refractivity contribution in [2.75, 3.05) is 5.32 Å². The number of aromatic carboxylic acids is 1. The van der Waals surface area contributed by atoms with Crippen LogP contribution in [0.25, 0.3) is 22.7 Å². The van der Waals surface area contributed by atoms with Gasteiger partial charge in [0.1, 0.15) is 17.0 Å². The number of carboxylic acids is 1. The zero-order chi connectivity index (χ0) is 28.6. The van der Waals surface area contributed by atoms with Gasteiger partial charge >= 0.3 is 12.3 Å². The lowest BCUT2D eigenvalue weighted by atomic mass is 9.80. The van der Waals surface area contributed by atoms with Gasteiger partial charge in [-0.25, -0.2) is 19.7 Å². The Hall–Kier alpha value is -4.22. The summed E-state index contributed by atoms with van der Waals surface area (Å²) in [5.74, 6) is -0.576. The SMILES string of the molecule is CC(C)c1ccnc(-c2nc3nc(C(=O)O)nc(N[C@H](C)C4CCC4)c3n2Cc2ccc(OC(F)(F)F)cc2)c1. The highest BCUT2D eigenvalue weighted by Crippen LogP contribution is 2.34. The number of carbonyl (C=O) groups is 1. The van der Waals surface area contributed by atoms with E-state index in [0.29, 0.717) is 34.3 Å². The zero-order valence-electron chi connectivity index (χ0n) is 22.2. The number of hydrogen-bond donors (Lipinski definition) is 2. The molecule has 1 fully saturated rings. The van der Waals surface area contributed by atoms with Gasteiger partial charge in [0.05, 0.1) is 0 Å². The number of pyridine rings is 1. The Morgan fingerprint density at radius 1 is 1.12 bits per heavy atom. The molecule has 210 valence electrons. The molecule has 4 aromatic rings. The first kappa shape index (κ1) is 27.4. The van der Waals surface area contributed by atoms with Crippen molar-refractivity contribution in [3.63, 3.8) is 0 Å². The number of nitrogens with one attached hydrogen (secondary N) is 1. The first-order valence-corrected chi connectivity index (χ1v) is 13.1. The van der Waals surface area contributed by atoms with Crippen molar-refractivity contribution in [1.29, 1.82) is 0 Å². The third kappa shape index (κ3) is 5.85. The van der Waals surface area contributed by atoms with E-state index >= 15 is 0 Å². The third-order valence-corrected chi connectivity index (χ3v) is 7.19. The smallest absolute Gasteiger partial charge is 0.475 e. The molecule has 0 radical (unpaired) electrons. The monoisotopic (exact) mass is 554 g/mol. The van der Waals surface area contributed by atoms with Gasteiger partial charge in [-0.1, -0.05) is 32.4 Å². The quantitative estimate of drug-likeness (QED) is 0.249. The number of hydrogen-bond acceptors (Lipinski definition) is 7. The molecule has 0 spiro atoms. The van der Waals surface area contributed by atoms with Gasteiger partial charge in [0, 0.05) is 18.8 Å². The van der Waals surface area contributed by atoms with E-state index in [2.05, 4.69) is 38.9 Å². The minimum Gasteiger partial charge on any atom is -0.475 e. The van der Waals surface area contributed by atoms with E-state index in [4.69, 9.17) is 4.98 Å². The van der Waals surface area contributed by atoms with Gasteiger partial charge < -0.3 is 19.7 Å². The van der Waals surface area contributed by atoms with Gasteiger partial charge in [-0.15, -0.1) is 13.2 Å². The highest BCUT2D eigenvalue weighted by molar-refractivity contribution is 5.92. The van der Waals surface area contributed by atoms with Crippen LogP contribution in [0, 0.1) is 5.92 Å². The number of nitrogens with zero attached hydrogens (tertiary/aromatic N) is 5. The number of fused-ring (bicyclic) bond motifs is 1. The topological polar surface area (TPSA) is 115 Å². The van der Waals surface area contributed by atoms with Crippen molar-refractivity contribution >= 4 is 23.0 Å². The third-order valence-electron chi connectivity index (χ3n) is 7.19. The highest BCUT2D eigenvalue weighted by Gasteiger charge is 2.31. The minimum absolute atomic E-state index is 0.0292. The van der Waals surface area contributed by atoms with E-state index < -0.39 is 12.3 Å². The number of imidazole rings is 1. The number of alkyl halides is 3. The Bertz CT molecular complexity index is 1530. The van der Waals surface area contributed by atoms with Crippen LogP contribution in [0.15, 0.2) is 42.6 Å². The van der Waals surface area contributed by atoms with Gasteiger partial charge in [-0.2, -0.15) is 0 Å². The Morgan fingerprint density at radius 2 is 1.85 bits per heavy atom. The molecule has 3 aromatic heterocycles. The average Bonchev–Trinajstić information content (AvgIpc) is 3.21. The van der Waals surface area contributed by atoms with Crippen LogP contribution >= 0.6 is 0 Å². The molecule has 0 unspecified atom stereocenters. The highest BCUT2D eigenvalue weighted by atomic mass is 19.4. The molecule has 12 heteroatoms. The standard InChI is InChI=1S/C28H29F3N6O3/c1-15(2)19-11-12-32-21(13-19)26-36-24-22(37(26)14-17-7-9-20(10-8-17)40-28(29,30)31)23(34-25(35-24)27(38)39)33-16(3)18-5-4-6-18/h7-13,15-16,18H,4-6,14H2,1-3H3,(H,38,39)(H,33,34,35)/t16-/m1/s1. The van der Waals surface area contributed by atoms with Crippen molar-refractivity contribution in [3.05, 3.63) is 59.5 Å². The molecule has 1 aromatic carbocycles. The van der Waals surface area contributed by atoms with Crippen LogP contribution in [0.2, 0.25) is 0 Å². The predicted molar refractivity (Wildman–Crippen MR) is 142 cm³/mol. The molecule has 9 nitrogen and oxygen atoms in total. The molecular weight excluding hydrogens is 525 g/mol. The number of carboxylic acid groups (broad SMARTS) is 1. The Labute approximate surface area is 228 Å². The van der Waals surface area contributed by atoms with E-state index in [-0.39, 0.29) is 35.7 Å². The molecule has 1 aliphatic rings. The summed E-state index contributed by atoms with van der Waals surface area (Å²) in [6.45, 7) is 6.34. The maximum atomic E-state index is 12.7. The molecule has 0 aliphatic heterocycles. The van der Waals surface area contributed by atoms with E-state index in [1.807, 2.05) is 23.6 Å². The zero-order valence-corrected chi connectivity index (χ0v) is 22.2. The maximum absolute atomic E-state index is 12.7. The second kappa shape index (κ2) is 10.7. The summed E-state index contributed by atoms with van der Waals surface area (Å²) in [4.78, 5) is 29.7. The van der Waals surface area contributed by atoms with E-state index in [0.717, 1.165) is 24.8 Å². The lowest BCUT2D eigenvalue weighted by molar-refractivity contribution is -0.274. The van der Waals surface area contributed by atoms with Crippen LogP contribution in [0.5, 0.6) is 5.75 Å². The first-order chi connectivity index (χ1) is 19.0. The van der Waals surface area contributed by atoms with Crippen molar-refractivity contribution < 1.29 is 27.8 Å². The van der Waals surface area contributed by atoms with Crippen LogP contribution in [0.4, 0.5) is 19.0 Å². The predicted octanol–water partition coefficient (Wildman–Crippen LogP) is 6.26. The van der Waals surface area contributed by atoms with Crippen LogP contribution in [0.3, 0.4) is 0 Å². The molecule has 3 heterocycles. The Kier molecular flexibility index (Phi) is 7.35. The summed E-state index contributed by atoms with van der Waals surface area (Å²) in [6.07, 6.45) is 0.168. The largest absolute Gasteiger partial charge is 0.573 e. The normalized spacial score (nSPS) is 14.8. The van der Waals surface area contributed by atoms with Crippen LogP contribution < -0.4 is 10.1 Å². The number of aromatic nitrogens is 5. The average molecular weight is 555 g/mol. The molecule has 0 amide bonds. The number of benzene rings is 1. The van der Waals surface area contributed by atoms with Gasteiger partial charge in [-0.3, -0.25) is 4.98 Å². The molecule has 1 saturated carbocycles. The molecule has 40 heavy (non-hydrogen) atoms. The number of anilines is 1. The van der Waals surface area contributed by atoms with Crippen LogP contribution in [-0.2, 0) is 6.54 Å². The summed E-state index contributed by atoms with van der Waals surface area (Å²) >= 11 is 0. The molecule has 1 aliphatic carbocycles. The lowest BCUT2D eigenvalue weighted by Crippen LogP contribution is -2.31. The summed E-state index contributed by atoms with van der Waals surface area (Å²) in [5.41, 5.74) is 2.91. The summed E-state index contributed by atoms with van der Waals surface area (Å²) in [6, 6.07) is 9.42. The first-order valence-electron chi connectivity index (χ1n) is 13.1. The van der Waals surface area contributed by atoms with E-state index in [1.54, 1.807) is 6.20 Å². The summed E-state index contributed by atoms with van der Waals surface area (Å²) < 4.78 is 43.9. The van der Waals surface area contributed by atoms with Gasteiger partial charge in [0.2, 0.25) is 5.82 Å². The Morgan fingerprint density at radius 3 is 2.45 bits per heavy atom. The molecule has 2 N–H and O–H groups in total. The fourth-order valence-corrected chi connectivity index (χ4v) is 4.76. The van der Waals surface area contributed by atoms with Crippen LogP contribution in [-0.4, -0.2) is 48.0 Å². The number of rotatable bonds is 9. The van der Waals surface area contributed by atoms with E-state index in [1.165, 1.54) is 24.3 Å². The molecular formula is C28H29F3N6O3. The molecule has 0 bridgehead atoms.